The lowest BCUT2D eigenvalue weighted by molar-refractivity contribution is 0.0827. The van der Waals surface area contributed by atoms with Gasteiger partial charge in [0.1, 0.15) is 0 Å². The third kappa shape index (κ3) is 5.05. The molecule has 1 unspecified atom stereocenters. The van der Waals surface area contributed by atoms with Crippen LogP contribution >= 0.6 is 12.2 Å². The van der Waals surface area contributed by atoms with Crippen LogP contribution in [0.2, 0.25) is 0 Å². The molecule has 0 aromatic heterocycles. The highest BCUT2D eigenvalue weighted by Crippen LogP contribution is 2.20. The van der Waals surface area contributed by atoms with E-state index in [1.165, 1.54) is 16.7 Å². The van der Waals surface area contributed by atoms with Gasteiger partial charge in [-0.3, -0.25) is 4.79 Å². The molecular formula is C21H27N3OS. The monoisotopic (exact) mass is 369 g/mol. The molecule has 0 saturated carbocycles. The summed E-state index contributed by atoms with van der Waals surface area (Å²) in [6.45, 7) is 6.38. The molecule has 0 radical (unpaired) electrons. The summed E-state index contributed by atoms with van der Waals surface area (Å²) in [6, 6.07) is 14.0. The van der Waals surface area contributed by atoms with Gasteiger partial charge >= 0.3 is 0 Å². The summed E-state index contributed by atoms with van der Waals surface area (Å²) in [7, 11) is 3.48. The van der Waals surface area contributed by atoms with Crippen molar-refractivity contribution < 1.29 is 4.79 Å². The molecule has 1 amide bonds. The summed E-state index contributed by atoms with van der Waals surface area (Å²) in [6.07, 6.45) is 0.931. The van der Waals surface area contributed by atoms with Gasteiger partial charge in [0.15, 0.2) is 5.11 Å². The Kier molecular flexibility index (Phi) is 6.75. The summed E-state index contributed by atoms with van der Waals surface area (Å²) >= 11 is 5.47. The van der Waals surface area contributed by atoms with Crippen LogP contribution in [0.4, 0.5) is 5.69 Å². The molecule has 2 N–H and O–H groups in total. The van der Waals surface area contributed by atoms with Crippen LogP contribution in [0.5, 0.6) is 0 Å². The Labute approximate surface area is 161 Å². The van der Waals surface area contributed by atoms with Crippen molar-refractivity contribution in [2.75, 3.05) is 19.4 Å². The minimum Gasteiger partial charge on any atom is -0.356 e. The van der Waals surface area contributed by atoms with Crippen LogP contribution in [-0.2, 0) is 0 Å². The number of thiocarbonyl (C=S) groups is 1. The Morgan fingerprint density at radius 3 is 2.27 bits per heavy atom. The van der Waals surface area contributed by atoms with Crippen LogP contribution < -0.4 is 10.6 Å². The molecule has 2 aromatic carbocycles. The van der Waals surface area contributed by atoms with E-state index in [9.17, 15) is 4.79 Å². The van der Waals surface area contributed by atoms with Crippen LogP contribution in [0.15, 0.2) is 42.5 Å². The van der Waals surface area contributed by atoms with E-state index in [4.69, 9.17) is 12.2 Å². The maximum Gasteiger partial charge on any atom is 0.253 e. The van der Waals surface area contributed by atoms with E-state index in [-0.39, 0.29) is 11.9 Å². The number of nitrogens with one attached hydrogen (secondary N) is 2. The molecule has 0 spiro atoms. The second-order valence-corrected chi connectivity index (χ2v) is 7.09. The normalized spacial score (nSPS) is 11.6. The first-order valence-corrected chi connectivity index (χ1v) is 9.19. The molecular weight excluding hydrogens is 342 g/mol. The van der Waals surface area contributed by atoms with Gasteiger partial charge in [0, 0.05) is 25.3 Å². The first-order chi connectivity index (χ1) is 12.3. The fraction of sp³-hybridized carbons (Fsp3) is 0.333. The van der Waals surface area contributed by atoms with Crippen molar-refractivity contribution in [1.82, 2.24) is 10.2 Å². The molecule has 2 rings (SSSR count). The summed E-state index contributed by atoms with van der Waals surface area (Å²) in [5.74, 6) is -0.0157. The highest BCUT2D eigenvalue weighted by Gasteiger charge is 2.12. The number of nitrogens with zero attached hydrogens (tertiary/aromatic N) is 1. The first kappa shape index (κ1) is 19.9. The zero-order chi connectivity index (χ0) is 19.3. The van der Waals surface area contributed by atoms with E-state index in [2.05, 4.69) is 49.6 Å². The second-order valence-electron chi connectivity index (χ2n) is 6.68. The molecule has 0 fully saturated rings. The predicted molar refractivity (Wildman–Crippen MR) is 113 cm³/mol. The number of benzene rings is 2. The van der Waals surface area contributed by atoms with E-state index < -0.39 is 0 Å². The van der Waals surface area contributed by atoms with E-state index in [0.717, 1.165) is 12.1 Å². The summed E-state index contributed by atoms with van der Waals surface area (Å²) in [5.41, 5.74) is 5.31. The fourth-order valence-electron chi connectivity index (χ4n) is 2.68. The number of carbonyl (C=O) groups excluding carboxylic acids is 1. The van der Waals surface area contributed by atoms with Gasteiger partial charge in [-0.1, -0.05) is 25.1 Å². The molecule has 5 heteroatoms. The average Bonchev–Trinajstić information content (AvgIpc) is 2.62. The van der Waals surface area contributed by atoms with Crippen LogP contribution in [0.3, 0.4) is 0 Å². The van der Waals surface area contributed by atoms with Gasteiger partial charge < -0.3 is 15.5 Å². The fourth-order valence-corrected chi connectivity index (χ4v) is 2.94. The Bertz CT molecular complexity index is 784. The van der Waals surface area contributed by atoms with Gasteiger partial charge in [0.05, 0.1) is 6.04 Å². The van der Waals surface area contributed by atoms with Gasteiger partial charge in [-0.25, -0.2) is 0 Å². The zero-order valence-electron chi connectivity index (χ0n) is 16.1. The van der Waals surface area contributed by atoms with Crippen LogP contribution in [-0.4, -0.2) is 30.0 Å². The minimum atomic E-state index is -0.0157. The van der Waals surface area contributed by atoms with Gasteiger partial charge in [-0.2, -0.15) is 0 Å². The Morgan fingerprint density at radius 1 is 1.08 bits per heavy atom. The molecule has 0 aliphatic carbocycles. The van der Waals surface area contributed by atoms with Crippen molar-refractivity contribution in [3.8, 4) is 0 Å². The standard InChI is InChI=1S/C21H27N3OS/c1-6-19(17-8-7-14(2)15(3)13-17)23-21(26)22-18-11-9-16(10-12-18)20(25)24(4)5/h7-13,19H,6H2,1-5H3,(H2,22,23,26). The lowest BCUT2D eigenvalue weighted by atomic mass is 9.99. The van der Waals surface area contributed by atoms with Crippen molar-refractivity contribution in [2.24, 2.45) is 0 Å². The predicted octanol–water partition coefficient (Wildman–Crippen LogP) is 4.44. The lowest BCUT2D eigenvalue weighted by Crippen LogP contribution is -2.32. The van der Waals surface area contributed by atoms with E-state index >= 15 is 0 Å². The van der Waals surface area contributed by atoms with Gasteiger partial charge in [0.2, 0.25) is 0 Å². The van der Waals surface area contributed by atoms with Crippen molar-refractivity contribution >= 4 is 28.9 Å². The minimum absolute atomic E-state index is 0.0157. The smallest absolute Gasteiger partial charge is 0.253 e. The maximum atomic E-state index is 11.9. The molecule has 0 aliphatic rings. The van der Waals surface area contributed by atoms with Crippen molar-refractivity contribution in [1.29, 1.82) is 0 Å². The Morgan fingerprint density at radius 2 is 1.73 bits per heavy atom. The quantitative estimate of drug-likeness (QED) is 0.765. The number of rotatable bonds is 5. The number of anilines is 1. The third-order valence-electron chi connectivity index (χ3n) is 4.44. The summed E-state index contributed by atoms with van der Waals surface area (Å²) < 4.78 is 0. The van der Waals surface area contributed by atoms with Crippen LogP contribution in [0.1, 0.15) is 46.4 Å². The summed E-state index contributed by atoms with van der Waals surface area (Å²) in [5, 5.41) is 7.14. The van der Waals surface area contributed by atoms with E-state index in [0.29, 0.717) is 10.7 Å². The SMILES string of the molecule is CCC(NC(=S)Nc1ccc(C(=O)N(C)C)cc1)c1ccc(C)c(C)c1. The molecule has 0 heterocycles. The first-order valence-electron chi connectivity index (χ1n) is 8.78. The Balaban J connectivity index is 2.02. The van der Waals surface area contributed by atoms with Gasteiger partial charge in [-0.15, -0.1) is 0 Å². The van der Waals surface area contributed by atoms with Crippen molar-refractivity contribution in [2.45, 2.75) is 33.2 Å². The lowest BCUT2D eigenvalue weighted by Gasteiger charge is -2.21. The number of hydrogen-bond donors (Lipinski definition) is 2. The highest BCUT2D eigenvalue weighted by molar-refractivity contribution is 7.80. The van der Waals surface area contributed by atoms with Gasteiger partial charge in [-0.05, 0) is 73.4 Å². The number of carbonyl (C=O) groups is 1. The van der Waals surface area contributed by atoms with E-state index in [1.807, 2.05) is 12.1 Å². The molecule has 138 valence electrons. The third-order valence-corrected chi connectivity index (χ3v) is 4.66. The van der Waals surface area contributed by atoms with Crippen molar-refractivity contribution in [3.05, 3.63) is 64.7 Å². The summed E-state index contributed by atoms with van der Waals surface area (Å²) in [4.78, 5) is 13.5. The molecule has 26 heavy (non-hydrogen) atoms. The highest BCUT2D eigenvalue weighted by atomic mass is 32.1. The number of amides is 1. The zero-order valence-corrected chi connectivity index (χ0v) is 16.9. The topological polar surface area (TPSA) is 44.4 Å². The molecule has 4 nitrogen and oxygen atoms in total. The average molecular weight is 370 g/mol. The van der Waals surface area contributed by atoms with Gasteiger partial charge in [0.25, 0.3) is 5.91 Å². The van der Waals surface area contributed by atoms with Crippen LogP contribution in [0.25, 0.3) is 0 Å². The second kappa shape index (κ2) is 8.81. The van der Waals surface area contributed by atoms with E-state index in [1.54, 1.807) is 31.1 Å². The molecule has 0 saturated heterocycles. The van der Waals surface area contributed by atoms with Crippen LogP contribution in [0, 0.1) is 13.8 Å². The van der Waals surface area contributed by atoms with Crippen molar-refractivity contribution in [3.63, 3.8) is 0 Å². The maximum absolute atomic E-state index is 11.9. The molecule has 1 atom stereocenters. The number of hydrogen-bond acceptors (Lipinski definition) is 2. The molecule has 0 aliphatic heterocycles. The molecule has 0 bridgehead atoms. The largest absolute Gasteiger partial charge is 0.356 e. The molecule has 2 aromatic rings. The number of aryl methyl sites for hydroxylation is 2. The Hall–Kier alpha value is -2.40.